The van der Waals surface area contributed by atoms with Crippen LogP contribution in [0.4, 0.5) is 0 Å². The number of ketones is 1. The summed E-state index contributed by atoms with van der Waals surface area (Å²) in [4.78, 5) is 12.0. The van der Waals surface area contributed by atoms with Crippen LogP contribution in [0, 0.1) is 5.92 Å². The van der Waals surface area contributed by atoms with Gasteiger partial charge in [0.2, 0.25) is 0 Å². The van der Waals surface area contributed by atoms with E-state index in [9.17, 15) is 4.79 Å². The molecule has 0 aliphatic carbocycles. The second kappa shape index (κ2) is 6.12. The lowest BCUT2D eigenvalue weighted by Gasteiger charge is -2.23. The molecule has 0 atom stereocenters. The molecule has 3 nitrogen and oxygen atoms in total. The molecule has 0 radical (unpaired) electrons. The van der Waals surface area contributed by atoms with Crippen molar-refractivity contribution in [1.29, 1.82) is 0 Å². The molecular weight excluding hydrogens is 228 g/mol. The van der Waals surface area contributed by atoms with Gasteiger partial charge in [-0.05, 0) is 18.4 Å². The first-order chi connectivity index (χ1) is 8.66. The lowest BCUT2D eigenvalue weighted by molar-refractivity contribution is -0.183. The molecular formula is C15H20O3. The Morgan fingerprint density at radius 2 is 2.06 bits per heavy atom. The zero-order chi connectivity index (χ0) is 13.0. The van der Waals surface area contributed by atoms with E-state index in [1.165, 1.54) is 0 Å². The number of hydrogen-bond acceptors (Lipinski definition) is 3. The first kappa shape index (κ1) is 13.2. The normalized spacial score (nSPS) is 17.1. The van der Waals surface area contributed by atoms with Crippen LogP contribution >= 0.6 is 0 Å². The zero-order valence-electron chi connectivity index (χ0n) is 11.0. The summed E-state index contributed by atoms with van der Waals surface area (Å²) >= 11 is 0. The maximum absolute atomic E-state index is 12.0. The Hall–Kier alpha value is -1.19. The summed E-state index contributed by atoms with van der Waals surface area (Å²) in [5, 5.41) is 0. The molecule has 1 aliphatic heterocycles. The monoisotopic (exact) mass is 248 g/mol. The molecule has 0 amide bonds. The summed E-state index contributed by atoms with van der Waals surface area (Å²) in [6.45, 7) is 5.54. The first-order valence-corrected chi connectivity index (χ1v) is 6.53. The van der Waals surface area contributed by atoms with Gasteiger partial charge in [0, 0.05) is 17.5 Å². The highest BCUT2D eigenvalue weighted by molar-refractivity contribution is 5.96. The van der Waals surface area contributed by atoms with Crippen LogP contribution < -0.4 is 0 Å². The quantitative estimate of drug-likeness (QED) is 0.766. The average molecular weight is 248 g/mol. The summed E-state index contributed by atoms with van der Waals surface area (Å²) < 4.78 is 11.1. The molecule has 0 N–H and O–H groups in total. The Balaban J connectivity index is 2.11. The van der Waals surface area contributed by atoms with Crippen LogP contribution in [-0.2, 0) is 9.47 Å². The van der Waals surface area contributed by atoms with E-state index in [1.807, 2.05) is 24.3 Å². The van der Waals surface area contributed by atoms with Crippen molar-refractivity contribution < 1.29 is 14.3 Å². The largest absolute Gasteiger partial charge is 0.348 e. The van der Waals surface area contributed by atoms with Crippen molar-refractivity contribution in [2.75, 3.05) is 13.2 Å². The van der Waals surface area contributed by atoms with Gasteiger partial charge in [-0.25, -0.2) is 0 Å². The van der Waals surface area contributed by atoms with E-state index in [0.29, 0.717) is 12.3 Å². The van der Waals surface area contributed by atoms with Gasteiger partial charge in [-0.1, -0.05) is 32.0 Å². The molecule has 18 heavy (non-hydrogen) atoms. The summed E-state index contributed by atoms with van der Waals surface area (Å²) in [5.41, 5.74) is 1.68. The Morgan fingerprint density at radius 1 is 1.33 bits per heavy atom. The van der Waals surface area contributed by atoms with Crippen LogP contribution in [0.3, 0.4) is 0 Å². The number of benzene rings is 1. The van der Waals surface area contributed by atoms with Gasteiger partial charge in [-0.3, -0.25) is 4.79 Å². The zero-order valence-corrected chi connectivity index (χ0v) is 11.0. The highest BCUT2D eigenvalue weighted by Crippen LogP contribution is 2.24. The van der Waals surface area contributed by atoms with Gasteiger partial charge in [-0.15, -0.1) is 0 Å². The van der Waals surface area contributed by atoms with Crippen molar-refractivity contribution in [3.63, 3.8) is 0 Å². The standard InChI is InChI=1S/C15H20O3/c1-11(2)9-14(16)12-5-3-6-13(10-12)15-17-7-4-8-18-15/h3,5-6,10-11,15H,4,7-9H2,1-2H3. The van der Waals surface area contributed by atoms with E-state index < -0.39 is 0 Å². The highest BCUT2D eigenvalue weighted by Gasteiger charge is 2.18. The van der Waals surface area contributed by atoms with Crippen molar-refractivity contribution in [1.82, 2.24) is 0 Å². The minimum absolute atomic E-state index is 0.183. The van der Waals surface area contributed by atoms with Gasteiger partial charge >= 0.3 is 0 Å². The third kappa shape index (κ3) is 3.40. The maximum Gasteiger partial charge on any atom is 0.183 e. The van der Waals surface area contributed by atoms with Crippen LogP contribution in [0.1, 0.15) is 48.9 Å². The first-order valence-electron chi connectivity index (χ1n) is 6.53. The molecule has 1 aromatic rings. The van der Waals surface area contributed by atoms with E-state index in [0.717, 1.165) is 30.8 Å². The van der Waals surface area contributed by atoms with Gasteiger partial charge in [0.25, 0.3) is 0 Å². The highest BCUT2D eigenvalue weighted by atomic mass is 16.7. The molecule has 0 saturated carbocycles. The molecule has 0 unspecified atom stereocenters. The third-order valence-electron chi connectivity index (χ3n) is 2.90. The van der Waals surface area contributed by atoms with E-state index in [2.05, 4.69) is 13.8 Å². The van der Waals surface area contributed by atoms with Crippen molar-refractivity contribution in [2.24, 2.45) is 5.92 Å². The van der Waals surface area contributed by atoms with Gasteiger partial charge in [0.1, 0.15) is 0 Å². The molecule has 0 spiro atoms. The summed E-state index contributed by atoms with van der Waals surface area (Å²) in [7, 11) is 0. The second-order valence-electron chi connectivity index (χ2n) is 5.07. The average Bonchev–Trinajstić information content (AvgIpc) is 2.39. The van der Waals surface area contributed by atoms with Gasteiger partial charge in [-0.2, -0.15) is 0 Å². The van der Waals surface area contributed by atoms with Crippen LogP contribution in [0.15, 0.2) is 24.3 Å². The van der Waals surface area contributed by atoms with Crippen molar-refractivity contribution >= 4 is 5.78 Å². The summed E-state index contributed by atoms with van der Waals surface area (Å²) in [5.74, 6) is 0.561. The Morgan fingerprint density at radius 3 is 2.72 bits per heavy atom. The number of rotatable bonds is 4. The van der Waals surface area contributed by atoms with Crippen LogP contribution in [0.5, 0.6) is 0 Å². The minimum Gasteiger partial charge on any atom is -0.348 e. The van der Waals surface area contributed by atoms with Gasteiger partial charge < -0.3 is 9.47 Å². The molecule has 1 aromatic carbocycles. The van der Waals surface area contributed by atoms with Gasteiger partial charge in [0.05, 0.1) is 13.2 Å². The molecule has 2 rings (SSSR count). The number of Topliss-reactive ketones (excluding diaryl/α,β-unsaturated/α-hetero) is 1. The van der Waals surface area contributed by atoms with Crippen LogP contribution in [0.2, 0.25) is 0 Å². The second-order valence-corrected chi connectivity index (χ2v) is 5.07. The topological polar surface area (TPSA) is 35.5 Å². The lowest BCUT2D eigenvalue weighted by Crippen LogP contribution is -2.18. The van der Waals surface area contributed by atoms with E-state index in [-0.39, 0.29) is 12.1 Å². The fourth-order valence-corrected chi connectivity index (χ4v) is 2.03. The Kier molecular flexibility index (Phi) is 4.50. The molecule has 1 heterocycles. The van der Waals surface area contributed by atoms with E-state index in [1.54, 1.807) is 0 Å². The number of carbonyl (C=O) groups excluding carboxylic acids is 1. The Bertz CT molecular complexity index is 406. The van der Waals surface area contributed by atoms with E-state index in [4.69, 9.17) is 9.47 Å². The van der Waals surface area contributed by atoms with Crippen molar-refractivity contribution in [3.8, 4) is 0 Å². The number of ether oxygens (including phenoxy) is 2. The molecule has 1 saturated heterocycles. The van der Waals surface area contributed by atoms with Gasteiger partial charge in [0.15, 0.2) is 12.1 Å². The predicted octanol–water partition coefficient (Wildman–Crippen LogP) is 3.35. The fourth-order valence-electron chi connectivity index (χ4n) is 2.03. The fraction of sp³-hybridized carbons (Fsp3) is 0.533. The molecule has 1 aliphatic rings. The van der Waals surface area contributed by atoms with Crippen molar-refractivity contribution in [2.45, 2.75) is 33.0 Å². The SMILES string of the molecule is CC(C)CC(=O)c1cccc(C2OCCCO2)c1. The molecule has 0 bridgehead atoms. The Labute approximate surface area is 108 Å². The van der Waals surface area contributed by atoms with E-state index >= 15 is 0 Å². The smallest absolute Gasteiger partial charge is 0.183 e. The number of hydrogen-bond donors (Lipinski definition) is 0. The molecule has 0 aromatic heterocycles. The number of carbonyl (C=O) groups is 1. The lowest BCUT2D eigenvalue weighted by atomic mass is 9.99. The minimum atomic E-state index is -0.314. The maximum atomic E-state index is 12.0. The van der Waals surface area contributed by atoms with Crippen molar-refractivity contribution in [3.05, 3.63) is 35.4 Å². The molecule has 1 fully saturated rings. The summed E-state index contributed by atoms with van der Waals surface area (Å²) in [6.07, 6.45) is 1.20. The van der Waals surface area contributed by atoms with Crippen LogP contribution in [0.25, 0.3) is 0 Å². The third-order valence-corrected chi connectivity index (χ3v) is 2.90. The predicted molar refractivity (Wildman–Crippen MR) is 69.5 cm³/mol. The van der Waals surface area contributed by atoms with Crippen LogP contribution in [-0.4, -0.2) is 19.0 Å². The summed E-state index contributed by atoms with van der Waals surface area (Å²) in [6, 6.07) is 7.59. The molecule has 3 heteroatoms. The molecule has 98 valence electrons.